The number of likely N-dealkylation sites (N-methyl/N-ethyl adjacent to an activating group) is 1. The molecule has 148 valence electrons. The molecule has 8 heteroatoms. The Bertz CT molecular complexity index is 568. The van der Waals surface area contributed by atoms with Gasteiger partial charge < -0.3 is 24.4 Å². The summed E-state index contributed by atoms with van der Waals surface area (Å²) >= 11 is 0. The maximum atomic E-state index is 13.5. The Morgan fingerprint density at radius 2 is 2.04 bits per heavy atom. The van der Waals surface area contributed by atoms with Crippen LogP contribution < -0.4 is 10.1 Å². The Morgan fingerprint density at radius 1 is 1.35 bits per heavy atom. The van der Waals surface area contributed by atoms with Gasteiger partial charge in [0.15, 0.2) is 17.5 Å². The van der Waals surface area contributed by atoms with Crippen LogP contribution >= 0.6 is 24.0 Å². The number of halogens is 2. The molecule has 1 aromatic carbocycles. The number of benzene rings is 1. The monoisotopic (exact) mass is 481 g/mol. The van der Waals surface area contributed by atoms with E-state index in [2.05, 4.69) is 10.3 Å². The summed E-state index contributed by atoms with van der Waals surface area (Å²) in [6, 6.07) is 6.40. The van der Waals surface area contributed by atoms with Crippen LogP contribution in [-0.2, 0) is 9.47 Å². The van der Waals surface area contributed by atoms with E-state index in [4.69, 9.17) is 14.2 Å². The number of methoxy groups -OCH3 is 1. The Labute approximate surface area is 172 Å². The van der Waals surface area contributed by atoms with Crippen molar-refractivity contribution in [2.24, 2.45) is 4.99 Å². The van der Waals surface area contributed by atoms with Crippen LogP contribution in [0.15, 0.2) is 29.3 Å². The van der Waals surface area contributed by atoms with Crippen LogP contribution in [0.2, 0.25) is 0 Å². The van der Waals surface area contributed by atoms with E-state index >= 15 is 0 Å². The van der Waals surface area contributed by atoms with Crippen molar-refractivity contribution < 1.29 is 18.6 Å². The zero-order chi connectivity index (χ0) is 18.1. The van der Waals surface area contributed by atoms with Gasteiger partial charge in [0.2, 0.25) is 0 Å². The SMILES string of the molecule is CN=C(NCC1(OC)CCOCC1)N(C)CCOc1ccccc1F.I. The Balaban J connectivity index is 0.00000338. The van der Waals surface area contributed by atoms with Crippen LogP contribution in [0.5, 0.6) is 5.75 Å². The van der Waals surface area contributed by atoms with Crippen molar-refractivity contribution in [1.82, 2.24) is 10.2 Å². The number of nitrogens with one attached hydrogen (secondary N) is 1. The van der Waals surface area contributed by atoms with E-state index in [0.29, 0.717) is 32.9 Å². The third kappa shape index (κ3) is 6.55. The first-order valence-corrected chi connectivity index (χ1v) is 8.52. The maximum absolute atomic E-state index is 13.5. The molecule has 1 N–H and O–H groups in total. The number of nitrogens with zero attached hydrogens (tertiary/aromatic N) is 2. The third-order valence-corrected chi connectivity index (χ3v) is 4.50. The van der Waals surface area contributed by atoms with Gasteiger partial charge >= 0.3 is 0 Å². The summed E-state index contributed by atoms with van der Waals surface area (Å²) in [7, 11) is 5.39. The molecular weight excluding hydrogens is 452 g/mol. The highest BCUT2D eigenvalue weighted by molar-refractivity contribution is 14.0. The molecular formula is C18H29FIN3O3. The molecule has 0 bridgehead atoms. The largest absolute Gasteiger partial charge is 0.489 e. The van der Waals surface area contributed by atoms with E-state index < -0.39 is 0 Å². The second-order valence-electron chi connectivity index (χ2n) is 6.10. The minimum atomic E-state index is -0.353. The topological polar surface area (TPSA) is 55.3 Å². The molecule has 0 aromatic heterocycles. The molecule has 1 fully saturated rings. The Hall–Kier alpha value is -1.13. The van der Waals surface area contributed by atoms with Gasteiger partial charge in [-0.1, -0.05) is 12.1 Å². The van der Waals surface area contributed by atoms with Gasteiger partial charge in [0, 0.05) is 53.8 Å². The van der Waals surface area contributed by atoms with Crippen molar-refractivity contribution in [2.45, 2.75) is 18.4 Å². The lowest BCUT2D eigenvalue weighted by atomic mass is 9.94. The van der Waals surface area contributed by atoms with Crippen LogP contribution in [0.3, 0.4) is 0 Å². The summed E-state index contributed by atoms with van der Waals surface area (Å²) in [6.07, 6.45) is 1.71. The standard InChI is InChI=1S/C18H28FN3O3.HI/c1-20-17(21-14-18(23-3)8-11-24-12-9-18)22(2)10-13-25-16-7-5-4-6-15(16)19;/h4-7H,8-14H2,1-3H3,(H,20,21);1H. The minimum Gasteiger partial charge on any atom is -0.489 e. The van der Waals surface area contributed by atoms with Crippen molar-refractivity contribution in [3.8, 4) is 5.75 Å². The third-order valence-electron chi connectivity index (χ3n) is 4.50. The van der Waals surface area contributed by atoms with Crippen molar-refractivity contribution >= 4 is 29.9 Å². The first-order chi connectivity index (χ1) is 12.1. The molecule has 0 unspecified atom stereocenters. The number of ether oxygens (including phenoxy) is 3. The van der Waals surface area contributed by atoms with Crippen molar-refractivity contribution in [2.75, 3.05) is 54.1 Å². The molecule has 1 heterocycles. The van der Waals surface area contributed by atoms with Crippen molar-refractivity contribution in [3.05, 3.63) is 30.1 Å². The second kappa shape index (κ2) is 11.6. The van der Waals surface area contributed by atoms with Gasteiger partial charge in [-0.25, -0.2) is 4.39 Å². The lowest BCUT2D eigenvalue weighted by Gasteiger charge is -2.37. The van der Waals surface area contributed by atoms with Crippen LogP contribution in [0, 0.1) is 5.82 Å². The van der Waals surface area contributed by atoms with Crippen molar-refractivity contribution in [1.29, 1.82) is 0 Å². The fraction of sp³-hybridized carbons (Fsp3) is 0.611. The summed E-state index contributed by atoms with van der Waals surface area (Å²) in [6.45, 7) is 3.03. The van der Waals surface area contributed by atoms with Crippen LogP contribution in [0.4, 0.5) is 4.39 Å². The summed E-state index contributed by atoms with van der Waals surface area (Å²) in [5.41, 5.74) is -0.224. The van der Waals surface area contributed by atoms with E-state index in [-0.39, 0.29) is 41.1 Å². The normalized spacial score (nSPS) is 16.5. The highest BCUT2D eigenvalue weighted by Gasteiger charge is 2.32. The highest BCUT2D eigenvalue weighted by atomic mass is 127. The number of hydrogen-bond acceptors (Lipinski definition) is 4. The van der Waals surface area contributed by atoms with Gasteiger partial charge in [0.05, 0.1) is 12.1 Å². The molecule has 0 amide bonds. The number of rotatable bonds is 7. The smallest absolute Gasteiger partial charge is 0.193 e. The molecule has 0 aliphatic carbocycles. The van der Waals surface area contributed by atoms with Gasteiger partial charge in [0.25, 0.3) is 0 Å². The molecule has 1 aliphatic rings. The van der Waals surface area contributed by atoms with Gasteiger partial charge in [0.1, 0.15) is 6.61 Å². The van der Waals surface area contributed by atoms with Gasteiger partial charge in [-0.3, -0.25) is 4.99 Å². The molecule has 6 nitrogen and oxygen atoms in total. The van der Waals surface area contributed by atoms with E-state index in [1.165, 1.54) is 6.07 Å². The first-order valence-electron chi connectivity index (χ1n) is 8.52. The fourth-order valence-electron chi connectivity index (χ4n) is 2.78. The quantitative estimate of drug-likeness (QED) is 0.369. The molecule has 0 saturated carbocycles. The summed E-state index contributed by atoms with van der Waals surface area (Å²) in [4.78, 5) is 6.24. The number of hydrogen-bond donors (Lipinski definition) is 1. The van der Waals surface area contributed by atoms with Crippen molar-refractivity contribution in [3.63, 3.8) is 0 Å². The highest BCUT2D eigenvalue weighted by Crippen LogP contribution is 2.23. The maximum Gasteiger partial charge on any atom is 0.193 e. The predicted octanol–water partition coefficient (Wildman–Crippen LogP) is 2.53. The minimum absolute atomic E-state index is 0. The first kappa shape index (κ1) is 22.9. The summed E-state index contributed by atoms with van der Waals surface area (Å²) in [5.74, 6) is 0.661. The van der Waals surface area contributed by atoms with Crippen LogP contribution in [-0.4, -0.2) is 70.6 Å². The lowest BCUT2D eigenvalue weighted by molar-refractivity contribution is -0.0857. The zero-order valence-corrected chi connectivity index (χ0v) is 18.0. The summed E-state index contributed by atoms with van der Waals surface area (Å²) in [5, 5.41) is 3.36. The molecule has 0 atom stereocenters. The molecule has 2 rings (SSSR count). The molecule has 1 aromatic rings. The fourth-order valence-corrected chi connectivity index (χ4v) is 2.78. The van der Waals surface area contributed by atoms with Crippen LogP contribution in [0.25, 0.3) is 0 Å². The van der Waals surface area contributed by atoms with E-state index in [0.717, 1.165) is 18.8 Å². The van der Waals surface area contributed by atoms with E-state index in [9.17, 15) is 4.39 Å². The van der Waals surface area contributed by atoms with E-state index in [1.807, 2.05) is 11.9 Å². The molecule has 26 heavy (non-hydrogen) atoms. The molecule has 1 aliphatic heterocycles. The van der Waals surface area contributed by atoms with E-state index in [1.54, 1.807) is 32.4 Å². The Kier molecular flexibility index (Phi) is 10.2. The average molecular weight is 481 g/mol. The predicted molar refractivity (Wildman–Crippen MR) is 111 cm³/mol. The lowest BCUT2D eigenvalue weighted by Crippen LogP contribution is -2.51. The molecule has 0 spiro atoms. The van der Waals surface area contributed by atoms with Gasteiger partial charge in [-0.2, -0.15) is 0 Å². The molecule has 0 radical (unpaired) electrons. The summed E-state index contributed by atoms with van der Waals surface area (Å²) < 4.78 is 30.2. The van der Waals surface area contributed by atoms with Gasteiger partial charge in [-0.05, 0) is 12.1 Å². The number of aliphatic imine (C=N–C) groups is 1. The average Bonchev–Trinajstić information content (AvgIpc) is 2.64. The number of para-hydroxylation sites is 1. The number of guanidine groups is 1. The van der Waals surface area contributed by atoms with Crippen LogP contribution in [0.1, 0.15) is 12.8 Å². The zero-order valence-electron chi connectivity index (χ0n) is 15.7. The second-order valence-corrected chi connectivity index (χ2v) is 6.10. The Morgan fingerprint density at radius 3 is 2.65 bits per heavy atom. The van der Waals surface area contributed by atoms with Gasteiger partial charge in [-0.15, -0.1) is 24.0 Å². The molecule has 1 saturated heterocycles.